The van der Waals surface area contributed by atoms with Gasteiger partial charge in [0.2, 0.25) is 0 Å². The molecule has 5 nitrogen and oxygen atoms in total. The number of rotatable bonds is 6. The minimum Gasteiger partial charge on any atom is -0.496 e. The summed E-state index contributed by atoms with van der Waals surface area (Å²) >= 11 is 5.87. The van der Waals surface area contributed by atoms with Gasteiger partial charge in [0.1, 0.15) is 11.5 Å². The van der Waals surface area contributed by atoms with Crippen LogP contribution in [0.25, 0.3) is 0 Å². The average Bonchev–Trinajstić information content (AvgIpc) is 2.55. The van der Waals surface area contributed by atoms with Crippen molar-refractivity contribution >= 4 is 23.7 Å². The summed E-state index contributed by atoms with van der Waals surface area (Å²) in [4.78, 5) is 12.0. The van der Waals surface area contributed by atoms with E-state index in [1.165, 1.54) is 6.21 Å². The number of ether oxygens (including phenoxy) is 2. The van der Waals surface area contributed by atoms with Crippen LogP contribution in [-0.2, 0) is 4.79 Å². The molecule has 0 aliphatic carbocycles. The summed E-state index contributed by atoms with van der Waals surface area (Å²) in [5, 5.41) is 4.47. The highest BCUT2D eigenvalue weighted by Gasteiger charge is 2.14. The topological polar surface area (TPSA) is 59.9 Å². The summed E-state index contributed by atoms with van der Waals surface area (Å²) in [5.41, 5.74) is 3.20. The second-order valence-corrected chi connectivity index (χ2v) is 5.13. The van der Waals surface area contributed by atoms with E-state index in [9.17, 15) is 4.79 Å². The Morgan fingerprint density at radius 3 is 2.78 bits per heavy atom. The number of halogens is 1. The van der Waals surface area contributed by atoms with Crippen LogP contribution in [0.1, 0.15) is 12.5 Å². The van der Waals surface area contributed by atoms with E-state index in [1.807, 2.05) is 24.3 Å². The summed E-state index contributed by atoms with van der Waals surface area (Å²) < 4.78 is 10.7. The van der Waals surface area contributed by atoms with Gasteiger partial charge in [0.05, 0.1) is 13.3 Å². The minimum atomic E-state index is -0.705. The van der Waals surface area contributed by atoms with Crippen LogP contribution in [0.5, 0.6) is 11.5 Å². The highest BCUT2D eigenvalue weighted by molar-refractivity contribution is 6.30. The van der Waals surface area contributed by atoms with Gasteiger partial charge in [0.25, 0.3) is 5.91 Å². The molecule has 0 aliphatic heterocycles. The number of methoxy groups -OCH3 is 1. The summed E-state index contributed by atoms with van der Waals surface area (Å²) in [7, 11) is 1.58. The number of carbonyl (C=O) groups excluding carboxylic acids is 1. The predicted octanol–water partition coefficient (Wildman–Crippen LogP) is 3.27. The Morgan fingerprint density at radius 1 is 1.26 bits per heavy atom. The van der Waals surface area contributed by atoms with Crippen molar-refractivity contribution < 1.29 is 14.3 Å². The maximum Gasteiger partial charge on any atom is 0.280 e. The summed E-state index contributed by atoms with van der Waals surface area (Å²) in [5.74, 6) is 0.832. The number of nitrogens with one attached hydrogen (secondary N) is 1. The monoisotopic (exact) mass is 332 g/mol. The zero-order chi connectivity index (χ0) is 16.7. The standard InChI is InChI=1S/C17H17ClN2O3/c1-12(23-15-8-5-7-14(18)10-15)17(21)20-19-11-13-6-3-4-9-16(13)22-2/h3-12H,1-2H3,(H,20,21)/b19-11-/t12-/m0/s1. The first kappa shape index (κ1) is 16.8. The molecule has 0 fully saturated rings. The number of benzene rings is 2. The third kappa shape index (κ3) is 5.00. The van der Waals surface area contributed by atoms with Gasteiger partial charge >= 0.3 is 0 Å². The molecule has 1 atom stereocenters. The molecule has 0 heterocycles. The molecule has 0 unspecified atom stereocenters. The van der Waals surface area contributed by atoms with Gasteiger partial charge in [0.15, 0.2) is 6.10 Å². The first-order valence-electron chi connectivity index (χ1n) is 6.98. The number of hydrogen-bond donors (Lipinski definition) is 1. The van der Waals surface area contributed by atoms with Crippen molar-refractivity contribution in [1.82, 2.24) is 5.43 Å². The molecule has 23 heavy (non-hydrogen) atoms. The van der Waals surface area contributed by atoms with Gasteiger partial charge < -0.3 is 9.47 Å². The summed E-state index contributed by atoms with van der Waals surface area (Å²) in [6.07, 6.45) is 0.811. The smallest absolute Gasteiger partial charge is 0.280 e. The second-order valence-electron chi connectivity index (χ2n) is 4.69. The first-order valence-corrected chi connectivity index (χ1v) is 7.36. The quantitative estimate of drug-likeness (QED) is 0.652. The van der Waals surface area contributed by atoms with Gasteiger partial charge in [-0.1, -0.05) is 29.8 Å². The third-order valence-corrected chi connectivity index (χ3v) is 3.23. The number of amides is 1. The largest absolute Gasteiger partial charge is 0.496 e. The Bertz CT molecular complexity index is 704. The summed E-state index contributed by atoms with van der Waals surface area (Å²) in [6, 6.07) is 14.2. The molecule has 2 aromatic carbocycles. The van der Waals surface area contributed by atoms with Gasteiger partial charge in [-0.05, 0) is 37.3 Å². The van der Waals surface area contributed by atoms with E-state index < -0.39 is 6.10 Å². The third-order valence-electron chi connectivity index (χ3n) is 3.00. The molecule has 0 aliphatic rings. The Labute approximate surface area is 139 Å². The number of para-hydroxylation sites is 1. The molecule has 0 aromatic heterocycles. The fourth-order valence-electron chi connectivity index (χ4n) is 1.83. The average molecular weight is 333 g/mol. The van der Waals surface area contributed by atoms with Crippen LogP contribution in [0.2, 0.25) is 5.02 Å². The molecule has 6 heteroatoms. The molecule has 0 saturated carbocycles. The molecule has 120 valence electrons. The molecular weight excluding hydrogens is 316 g/mol. The zero-order valence-corrected chi connectivity index (χ0v) is 13.6. The van der Waals surface area contributed by atoms with E-state index in [1.54, 1.807) is 38.3 Å². The zero-order valence-electron chi connectivity index (χ0n) is 12.8. The SMILES string of the molecule is COc1ccccc1/C=N\NC(=O)[C@H](C)Oc1cccc(Cl)c1. The van der Waals surface area contributed by atoms with E-state index in [0.29, 0.717) is 16.5 Å². The fourth-order valence-corrected chi connectivity index (χ4v) is 2.01. The van der Waals surface area contributed by atoms with Crippen molar-refractivity contribution in [3.05, 3.63) is 59.1 Å². The Kier molecular flexibility index (Phi) is 6.00. The lowest BCUT2D eigenvalue weighted by atomic mass is 10.2. The minimum absolute atomic E-state index is 0.365. The Balaban J connectivity index is 1.92. The highest BCUT2D eigenvalue weighted by Crippen LogP contribution is 2.18. The number of nitrogens with zero attached hydrogens (tertiary/aromatic N) is 1. The molecule has 1 N–H and O–H groups in total. The number of hydrazone groups is 1. The second kappa shape index (κ2) is 8.19. The normalized spacial score (nSPS) is 12.0. The van der Waals surface area contributed by atoms with Crippen molar-refractivity contribution in [3.63, 3.8) is 0 Å². The van der Waals surface area contributed by atoms with E-state index in [-0.39, 0.29) is 5.91 Å². The fraction of sp³-hybridized carbons (Fsp3) is 0.176. The lowest BCUT2D eigenvalue weighted by Gasteiger charge is -2.13. The van der Waals surface area contributed by atoms with Gasteiger partial charge in [-0.25, -0.2) is 5.43 Å². The van der Waals surface area contributed by atoms with Gasteiger partial charge in [-0.15, -0.1) is 0 Å². The number of carbonyl (C=O) groups is 1. The van der Waals surface area contributed by atoms with Crippen molar-refractivity contribution in [2.75, 3.05) is 7.11 Å². The molecule has 2 aromatic rings. The van der Waals surface area contributed by atoms with Crippen molar-refractivity contribution in [1.29, 1.82) is 0 Å². The van der Waals surface area contributed by atoms with Crippen LogP contribution in [-0.4, -0.2) is 25.3 Å². The van der Waals surface area contributed by atoms with Crippen LogP contribution >= 0.6 is 11.6 Å². The maximum absolute atomic E-state index is 12.0. The molecule has 0 bridgehead atoms. The molecule has 2 rings (SSSR count). The van der Waals surface area contributed by atoms with Crippen molar-refractivity contribution in [2.45, 2.75) is 13.0 Å². The van der Waals surface area contributed by atoms with Crippen LogP contribution in [0.3, 0.4) is 0 Å². The maximum atomic E-state index is 12.0. The van der Waals surface area contributed by atoms with Gasteiger partial charge in [-0.3, -0.25) is 4.79 Å². The van der Waals surface area contributed by atoms with Gasteiger partial charge in [0, 0.05) is 10.6 Å². The lowest BCUT2D eigenvalue weighted by Crippen LogP contribution is -2.33. The highest BCUT2D eigenvalue weighted by atomic mass is 35.5. The lowest BCUT2D eigenvalue weighted by molar-refractivity contribution is -0.127. The van der Waals surface area contributed by atoms with Crippen molar-refractivity contribution in [2.24, 2.45) is 5.10 Å². The Morgan fingerprint density at radius 2 is 2.04 bits per heavy atom. The van der Waals surface area contributed by atoms with E-state index in [4.69, 9.17) is 21.1 Å². The molecule has 0 radical (unpaired) electrons. The van der Waals surface area contributed by atoms with Crippen LogP contribution in [0.4, 0.5) is 0 Å². The van der Waals surface area contributed by atoms with E-state index in [2.05, 4.69) is 10.5 Å². The van der Waals surface area contributed by atoms with E-state index >= 15 is 0 Å². The molecular formula is C17H17ClN2O3. The van der Waals surface area contributed by atoms with Crippen molar-refractivity contribution in [3.8, 4) is 11.5 Å². The van der Waals surface area contributed by atoms with Crippen LogP contribution < -0.4 is 14.9 Å². The van der Waals surface area contributed by atoms with E-state index in [0.717, 1.165) is 5.56 Å². The molecule has 0 saturated heterocycles. The Hall–Kier alpha value is -2.53. The first-order chi connectivity index (χ1) is 11.1. The molecule has 1 amide bonds. The van der Waals surface area contributed by atoms with Gasteiger partial charge in [-0.2, -0.15) is 5.10 Å². The predicted molar refractivity (Wildman–Crippen MR) is 90.3 cm³/mol. The molecule has 0 spiro atoms. The summed E-state index contributed by atoms with van der Waals surface area (Å²) in [6.45, 7) is 1.63. The van der Waals surface area contributed by atoms with Crippen LogP contribution in [0.15, 0.2) is 53.6 Å². The number of hydrogen-bond acceptors (Lipinski definition) is 4. The van der Waals surface area contributed by atoms with Crippen LogP contribution in [0, 0.1) is 0 Å².